The zero-order valence-corrected chi connectivity index (χ0v) is 20.8. The van der Waals surface area contributed by atoms with Crippen LogP contribution in [-0.2, 0) is 11.3 Å². The number of benzene rings is 2. The van der Waals surface area contributed by atoms with Crippen LogP contribution in [0.4, 0.5) is 5.82 Å². The predicted octanol–water partition coefficient (Wildman–Crippen LogP) is 4.96. The number of rotatable bonds is 10. The molecule has 0 aliphatic heterocycles. The van der Waals surface area contributed by atoms with E-state index in [1.165, 1.54) is 11.0 Å². The summed E-state index contributed by atoms with van der Waals surface area (Å²) in [5, 5.41) is 9.67. The fourth-order valence-electron chi connectivity index (χ4n) is 3.15. The number of hydrogen-bond acceptors (Lipinski definition) is 8. The van der Waals surface area contributed by atoms with Crippen molar-refractivity contribution >= 4 is 40.7 Å². The summed E-state index contributed by atoms with van der Waals surface area (Å²) in [5.41, 5.74) is 7.31. The number of amides is 1. The van der Waals surface area contributed by atoms with Gasteiger partial charge in [0.15, 0.2) is 0 Å². The lowest BCUT2D eigenvalue weighted by Crippen LogP contribution is -2.22. The molecule has 0 unspecified atom stereocenters. The number of hydrogen-bond donors (Lipinski definition) is 2. The van der Waals surface area contributed by atoms with Crippen molar-refractivity contribution in [3.05, 3.63) is 87.3 Å². The van der Waals surface area contributed by atoms with Crippen LogP contribution in [0.2, 0.25) is 5.02 Å². The van der Waals surface area contributed by atoms with E-state index in [0.717, 1.165) is 11.8 Å². The predicted molar refractivity (Wildman–Crippen MR) is 137 cm³/mol. The monoisotopic (exact) mass is 512 g/mol. The van der Waals surface area contributed by atoms with E-state index in [1.807, 2.05) is 18.2 Å². The summed E-state index contributed by atoms with van der Waals surface area (Å²) in [6.07, 6.45) is 2.37. The molecule has 0 spiro atoms. The van der Waals surface area contributed by atoms with Gasteiger partial charge in [-0.25, -0.2) is 9.97 Å². The first kappa shape index (κ1) is 26.2. The Balaban J connectivity index is 1.89. The highest BCUT2D eigenvalue weighted by atomic mass is 35.5. The number of carbonyl (C=O) groups is 2. The molecule has 35 heavy (non-hydrogen) atoms. The number of thioether (sulfide) groups is 1. The molecule has 0 aliphatic rings. The van der Waals surface area contributed by atoms with Crippen molar-refractivity contribution in [1.29, 1.82) is 0 Å². The third kappa shape index (κ3) is 7.05. The number of halogens is 1. The van der Waals surface area contributed by atoms with Gasteiger partial charge in [-0.15, -0.1) is 0 Å². The quantitative estimate of drug-likeness (QED) is 0.366. The van der Waals surface area contributed by atoms with Gasteiger partial charge in [0.25, 0.3) is 0 Å². The zero-order chi connectivity index (χ0) is 25.4. The van der Waals surface area contributed by atoms with E-state index in [2.05, 4.69) is 9.97 Å². The SMILES string of the molecule is CC(=C(CCO)SC(=O)c1cc(Cl)ccc1Oc1ccccc1)N(C=O)Cc1cnc(C)nc1N. The molecule has 0 saturated heterocycles. The molecule has 0 bridgehead atoms. The molecule has 1 heterocycles. The van der Waals surface area contributed by atoms with Crippen molar-refractivity contribution in [3.8, 4) is 11.5 Å². The van der Waals surface area contributed by atoms with Crippen molar-refractivity contribution in [2.45, 2.75) is 26.8 Å². The highest BCUT2D eigenvalue weighted by Crippen LogP contribution is 2.35. The second kappa shape index (κ2) is 12.3. The second-order valence-corrected chi connectivity index (χ2v) is 8.99. The lowest BCUT2D eigenvalue weighted by molar-refractivity contribution is -0.116. The second-order valence-electron chi connectivity index (χ2n) is 7.49. The molecular weight excluding hydrogens is 488 g/mol. The lowest BCUT2D eigenvalue weighted by atomic mass is 10.2. The van der Waals surface area contributed by atoms with Crippen LogP contribution in [-0.4, -0.2) is 38.1 Å². The summed E-state index contributed by atoms with van der Waals surface area (Å²) in [6, 6.07) is 13.9. The normalized spacial score (nSPS) is 11.5. The van der Waals surface area contributed by atoms with E-state index in [4.69, 9.17) is 22.1 Å². The Morgan fingerprint density at radius 1 is 1.26 bits per heavy atom. The number of carbonyl (C=O) groups excluding carboxylic acids is 2. The van der Waals surface area contributed by atoms with Crippen molar-refractivity contribution in [2.75, 3.05) is 12.3 Å². The van der Waals surface area contributed by atoms with Crippen LogP contribution in [0.5, 0.6) is 11.5 Å². The molecule has 1 aromatic heterocycles. The maximum Gasteiger partial charge on any atom is 0.227 e. The van der Waals surface area contributed by atoms with Gasteiger partial charge < -0.3 is 20.5 Å². The summed E-state index contributed by atoms with van der Waals surface area (Å²) in [6.45, 7) is 3.32. The number of nitrogens with two attached hydrogens (primary N) is 1. The maximum absolute atomic E-state index is 13.3. The molecule has 0 saturated carbocycles. The average molecular weight is 513 g/mol. The van der Waals surface area contributed by atoms with Crippen LogP contribution in [0.1, 0.15) is 35.1 Å². The first-order valence-corrected chi connectivity index (χ1v) is 11.9. The molecule has 3 aromatic rings. The third-order valence-electron chi connectivity index (χ3n) is 5.01. The summed E-state index contributed by atoms with van der Waals surface area (Å²) >= 11 is 7.07. The molecule has 8 nitrogen and oxygen atoms in total. The minimum absolute atomic E-state index is 0.116. The van der Waals surface area contributed by atoms with Crippen LogP contribution in [0, 0.1) is 6.92 Å². The van der Waals surface area contributed by atoms with Gasteiger partial charge in [-0.05, 0) is 55.9 Å². The molecular formula is C25H25ClN4O4S. The van der Waals surface area contributed by atoms with E-state index in [1.54, 1.807) is 44.3 Å². The molecule has 3 N–H and O–H groups in total. The number of allylic oxidation sites excluding steroid dienone is 1. The first-order valence-electron chi connectivity index (χ1n) is 10.7. The number of anilines is 1. The first-order chi connectivity index (χ1) is 16.8. The summed E-state index contributed by atoms with van der Waals surface area (Å²) in [4.78, 5) is 35.4. The van der Waals surface area contributed by atoms with E-state index in [0.29, 0.717) is 44.9 Å². The van der Waals surface area contributed by atoms with Crippen molar-refractivity contribution in [1.82, 2.24) is 14.9 Å². The summed E-state index contributed by atoms with van der Waals surface area (Å²) < 4.78 is 5.91. The van der Waals surface area contributed by atoms with Gasteiger partial charge in [0.1, 0.15) is 23.1 Å². The molecule has 0 aliphatic carbocycles. The van der Waals surface area contributed by atoms with E-state index >= 15 is 0 Å². The lowest BCUT2D eigenvalue weighted by Gasteiger charge is -2.22. The smallest absolute Gasteiger partial charge is 0.227 e. The minimum atomic E-state index is -0.342. The van der Waals surface area contributed by atoms with Gasteiger partial charge in [0, 0.05) is 40.4 Å². The van der Waals surface area contributed by atoms with Gasteiger partial charge in [-0.1, -0.05) is 29.8 Å². The Morgan fingerprint density at radius 3 is 2.66 bits per heavy atom. The maximum atomic E-state index is 13.3. The fraction of sp³-hybridized carbons (Fsp3) is 0.200. The van der Waals surface area contributed by atoms with Gasteiger partial charge in [-0.3, -0.25) is 9.59 Å². The van der Waals surface area contributed by atoms with Gasteiger partial charge in [-0.2, -0.15) is 0 Å². The highest BCUT2D eigenvalue weighted by molar-refractivity contribution is 8.17. The number of aryl methyl sites for hydroxylation is 1. The molecule has 0 atom stereocenters. The number of nitrogen functional groups attached to an aromatic ring is 1. The molecule has 1 amide bonds. The van der Waals surface area contributed by atoms with Crippen molar-refractivity contribution < 1.29 is 19.4 Å². The minimum Gasteiger partial charge on any atom is -0.457 e. The number of aromatic nitrogens is 2. The fourth-order valence-corrected chi connectivity index (χ4v) is 4.28. The number of aliphatic hydroxyl groups is 1. The van der Waals surface area contributed by atoms with Gasteiger partial charge in [0.2, 0.25) is 11.5 Å². The molecule has 2 aromatic carbocycles. The molecule has 0 radical (unpaired) electrons. The van der Waals surface area contributed by atoms with Crippen LogP contribution >= 0.6 is 23.4 Å². The van der Waals surface area contributed by atoms with Crippen LogP contribution in [0.15, 0.2) is 65.3 Å². The number of para-hydroxylation sites is 1. The molecule has 10 heteroatoms. The third-order valence-corrected chi connectivity index (χ3v) is 6.39. The Kier molecular flexibility index (Phi) is 9.25. The highest BCUT2D eigenvalue weighted by Gasteiger charge is 2.20. The van der Waals surface area contributed by atoms with Crippen LogP contribution < -0.4 is 10.5 Å². The molecule has 182 valence electrons. The van der Waals surface area contributed by atoms with Crippen LogP contribution in [0.25, 0.3) is 0 Å². The van der Waals surface area contributed by atoms with Crippen molar-refractivity contribution in [3.63, 3.8) is 0 Å². The number of aliphatic hydroxyl groups excluding tert-OH is 1. The summed E-state index contributed by atoms with van der Waals surface area (Å²) in [5.74, 6) is 1.71. The Bertz CT molecular complexity index is 1240. The Labute approximate surface area is 212 Å². The number of nitrogens with zero attached hydrogens (tertiary/aromatic N) is 3. The van der Waals surface area contributed by atoms with Crippen molar-refractivity contribution in [2.24, 2.45) is 0 Å². The topological polar surface area (TPSA) is 119 Å². The van der Waals surface area contributed by atoms with E-state index in [-0.39, 0.29) is 36.1 Å². The number of ether oxygens (including phenoxy) is 1. The van der Waals surface area contributed by atoms with Gasteiger partial charge >= 0.3 is 0 Å². The van der Waals surface area contributed by atoms with E-state index in [9.17, 15) is 14.7 Å². The average Bonchev–Trinajstić information content (AvgIpc) is 2.84. The summed E-state index contributed by atoms with van der Waals surface area (Å²) in [7, 11) is 0. The zero-order valence-electron chi connectivity index (χ0n) is 19.3. The Morgan fingerprint density at radius 2 is 2.00 bits per heavy atom. The van der Waals surface area contributed by atoms with Gasteiger partial charge in [0.05, 0.1) is 12.1 Å². The Hall–Kier alpha value is -3.40. The van der Waals surface area contributed by atoms with E-state index < -0.39 is 0 Å². The van der Waals surface area contributed by atoms with Crippen LogP contribution in [0.3, 0.4) is 0 Å². The molecule has 3 rings (SSSR count). The largest absolute Gasteiger partial charge is 0.457 e. The molecule has 0 fully saturated rings. The standard InChI is InChI=1S/C25H25ClN4O4S/c1-16(30(15-32)14-18-13-28-17(2)29-24(18)27)23(10-11-31)35-25(33)21-12-19(26)8-9-22(21)34-20-6-4-3-5-7-20/h3-9,12-13,15,31H,10-11,14H2,1-2H3,(H2,27,28,29).